The fourth-order valence-corrected chi connectivity index (χ4v) is 1.63. The lowest BCUT2D eigenvalue weighted by Gasteiger charge is -2.09. The van der Waals surface area contributed by atoms with Gasteiger partial charge in [0.1, 0.15) is 0 Å². The zero-order chi connectivity index (χ0) is 12.3. The summed E-state index contributed by atoms with van der Waals surface area (Å²) in [5, 5.41) is 10.6. The zero-order valence-electron chi connectivity index (χ0n) is 9.73. The molecule has 0 saturated carbocycles. The molecule has 2 rings (SSSR count). The van der Waals surface area contributed by atoms with Crippen LogP contribution < -0.4 is 11.1 Å². The van der Waals surface area contributed by atoms with E-state index in [4.69, 9.17) is 5.73 Å². The van der Waals surface area contributed by atoms with Gasteiger partial charge in [-0.1, -0.05) is 6.92 Å². The van der Waals surface area contributed by atoms with E-state index in [1.807, 2.05) is 25.1 Å². The van der Waals surface area contributed by atoms with Crippen LogP contribution in [0.25, 0.3) is 10.9 Å². The smallest absolute Gasteiger partial charge is 0.224 e. The first kappa shape index (κ1) is 11.6. The molecular formula is C12H16N4O. The largest absolute Gasteiger partial charge is 0.330 e. The minimum atomic E-state index is -0.00852. The zero-order valence-corrected chi connectivity index (χ0v) is 9.73. The summed E-state index contributed by atoms with van der Waals surface area (Å²) in [6.45, 7) is 2.48. The molecule has 0 saturated heterocycles. The SMILES string of the molecule is CC(CN)CC(=O)Nc1ccc2[nH]ncc2c1. The first-order valence-electron chi connectivity index (χ1n) is 5.62. The van der Waals surface area contributed by atoms with Gasteiger partial charge in [-0.05, 0) is 30.7 Å². The maximum Gasteiger partial charge on any atom is 0.224 e. The first-order chi connectivity index (χ1) is 8.19. The Morgan fingerprint density at radius 3 is 3.18 bits per heavy atom. The van der Waals surface area contributed by atoms with Gasteiger partial charge in [-0.25, -0.2) is 0 Å². The highest BCUT2D eigenvalue weighted by Gasteiger charge is 2.08. The molecular weight excluding hydrogens is 216 g/mol. The average Bonchev–Trinajstić information content (AvgIpc) is 2.75. The molecule has 0 radical (unpaired) electrons. The van der Waals surface area contributed by atoms with Gasteiger partial charge in [0, 0.05) is 17.5 Å². The molecule has 0 aliphatic carbocycles. The lowest BCUT2D eigenvalue weighted by molar-refractivity contribution is -0.116. The van der Waals surface area contributed by atoms with Crippen LogP contribution in [0, 0.1) is 5.92 Å². The van der Waals surface area contributed by atoms with Crippen molar-refractivity contribution >= 4 is 22.5 Å². The number of carbonyl (C=O) groups excluding carboxylic acids is 1. The van der Waals surface area contributed by atoms with Crippen LogP contribution >= 0.6 is 0 Å². The average molecular weight is 232 g/mol. The molecule has 4 N–H and O–H groups in total. The number of H-pyrrole nitrogens is 1. The van der Waals surface area contributed by atoms with Gasteiger partial charge >= 0.3 is 0 Å². The molecule has 1 unspecified atom stereocenters. The predicted molar refractivity (Wildman–Crippen MR) is 67.6 cm³/mol. The van der Waals surface area contributed by atoms with E-state index in [0.29, 0.717) is 13.0 Å². The normalized spacial score (nSPS) is 12.6. The standard InChI is InChI=1S/C12H16N4O/c1-8(6-13)4-12(17)15-10-2-3-11-9(5-10)7-14-16-11/h2-3,5,7-8H,4,6,13H2,1H3,(H,14,16)(H,15,17). The second kappa shape index (κ2) is 4.97. The number of hydrogen-bond acceptors (Lipinski definition) is 3. The van der Waals surface area contributed by atoms with Gasteiger partial charge in [0.2, 0.25) is 5.91 Å². The first-order valence-corrected chi connectivity index (χ1v) is 5.62. The summed E-state index contributed by atoms with van der Waals surface area (Å²) >= 11 is 0. The number of fused-ring (bicyclic) bond motifs is 1. The van der Waals surface area contributed by atoms with E-state index in [2.05, 4.69) is 15.5 Å². The van der Waals surface area contributed by atoms with Crippen molar-refractivity contribution in [3.05, 3.63) is 24.4 Å². The summed E-state index contributed by atoms with van der Waals surface area (Å²) in [5.41, 5.74) is 7.22. The monoisotopic (exact) mass is 232 g/mol. The Hall–Kier alpha value is -1.88. The molecule has 0 spiro atoms. The van der Waals surface area contributed by atoms with Crippen molar-refractivity contribution < 1.29 is 4.79 Å². The number of nitrogens with one attached hydrogen (secondary N) is 2. The molecule has 5 heteroatoms. The van der Waals surface area contributed by atoms with Crippen LogP contribution in [0.5, 0.6) is 0 Å². The number of nitrogens with two attached hydrogens (primary N) is 1. The number of aromatic amines is 1. The third kappa shape index (κ3) is 2.82. The van der Waals surface area contributed by atoms with E-state index in [9.17, 15) is 4.79 Å². The van der Waals surface area contributed by atoms with Crippen molar-refractivity contribution in [2.45, 2.75) is 13.3 Å². The number of hydrogen-bond donors (Lipinski definition) is 3. The molecule has 1 atom stereocenters. The van der Waals surface area contributed by atoms with Crippen molar-refractivity contribution in [1.82, 2.24) is 10.2 Å². The van der Waals surface area contributed by atoms with Crippen molar-refractivity contribution in [1.29, 1.82) is 0 Å². The Morgan fingerprint density at radius 2 is 2.41 bits per heavy atom. The quantitative estimate of drug-likeness (QED) is 0.746. The van der Waals surface area contributed by atoms with Crippen molar-refractivity contribution in [3.63, 3.8) is 0 Å². The molecule has 1 aromatic heterocycles. The molecule has 0 aliphatic rings. The number of benzene rings is 1. The lowest BCUT2D eigenvalue weighted by Crippen LogP contribution is -2.19. The minimum Gasteiger partial charge on any atom is -0.330 e. The highest BCUT2D eigenvalue weighted by Crippen LogP contribution is 2.17. The molecule has 5 nitrogen and oxygen atoms in total. The summed E-state index contributed by atoms with van der Waals surface area (Å²) < 4.78 is 0. The van der Waals surface area contributed by atoms with Crippen molar-refractivity contribution in [2.24, 2.45) is 11.7 Å². The minimum absolute atomic E-state index is 0.00852. The summed E-state index contributed by atoms with van der Waals surface area (Å²) in [5.74, 6) is 0.193. The topological polar surface area (TPSA) is 83.8 Å². The Morgan fingerprint density at radius 1 is 1.59 bits per heavy atom. The maximum atomic E-state index is 11.7. The summed E-state index contributed by atoms with van der Waals surface area (Å²) in [6.07, 6.45) is 2.17. The van der Waals surface area contributed by atoms with Crippen molar-refractivity contribution in [2.75, 3.05) is 11.9 Å². The molecule has 17 heavy (non-hydrogen) atoms. The van der Waals surface area contributed by atoms with Gasteiger partial charge in [0.15, 0.2) is 0 Å². The van der Waals surface area contributed by atoms with E-state index in [-0.39, 0.29) is 11.8 Å². The maximum absolute atomic E-state index is 11.7. The fourth-order valence-electron chi connectivity index (χ4n) is 1.63. The van der Waals surface area contributed by atoms with Gasteiger partial charge in [-0.15, -0.1) is 0 Å². The molecule has 0 fully saturated rings. The fraction of sp³-hybridized carbons (Fsp3) is 0.333. The van der Waals surface area contributed by atoms with E-state index >= 15 is 0 Å². The van der Waals surface area contributed by atoms with Crippen LogP contribution in [0.1, 0.15) is 13.3 Å². The van der Waals surface area contributed by atoms with Crippen LogP contribution in [-0.2, 0) is 4.79 Å². The molecule has 2 aromatic rings. The summed E-state index contributed by atoms with van der Waals surface area (Å²) in [7, 11) is 0. The second-order valence-corrected chi connectivity index (χ2v) is 4.27. The molecule has 0 bridgehead atoms. The summed E-state index contributed by atoms with van der Waals surface area (Å²) in [6, 6.07) is 5.64. The Labute approximate surface area is 99.4 Å². The van der Waals surface area contributed by atoms with Crippen molar-refractivity contribution in [3.8, 4) is 0 Å². The second-order valence-electron chi connectivity index (χ2n) is 4.27. The number of carbonyl (C=O) groups is 1. The predicted octanol–water partition coefficient (Wildman–Crippen LogP) is 1.49. The van der Waals surface area contributed by atoms with Gasteiger partial charge in [-0.2, -0.15) is 5.10 Å². The highest BCUT2D eigenvalue weighted by atomic mass is 16.1. The van der Waals surface area contributed by atoms with E-state index < -0.39 is 0 Å². The van der Waals surface area contributed by atoms with E-state index in [0.717, 1.165) is 16.6 Å². The van der Waals surface area contributed by atoms with Crippen LogP contribution in [0.4, 0.5) is 5.69 Å². The number of rotatable bonds is 4. The number of anilines is 1. The number of amides is 1. The molecule has 1 aromatic carbocycles. The Balaban J connectivity index is 2.05. The van der Waals surface area contributed by atoms with E-state index in [1.54, 1.807) is 6.20 Å². The van der Waals surface area contributed by atoms with E-state index in [1.165, 1.54) is 0 Å². The van der Waals surface area contributed by atoms with Crippen LogP contribution in [0.3, 0.4) is 0 Å². The summed E-state index contributed by atoms with van der Waals surface area (Å²) in [4.78, 5) is 11.7. The van der Waals surface area contributed by atoms with Crippen LogP contribution in [-0.4, -0.2) is 22.6 Å². The lowest BCUT2D eigenvalue weighted by atomic mass is 10.1. The number of aromatic nitrogens is 2. The van der Waals surface area contributed by atoms with Gasteiger partial charge in [0.05, 0.1) is 11.7 Å². The highest BCUT2D eigenvalue weighted by molar-refractivity contribution is 5.93. The third-order valence-electron chi connectivity index (χ3n) is 2.66. The molecule has 1 heterocycles. The van der Waals surface area contributed by atoms with Gasteiger partial charge < -0.3 is 11.1 Å². The van der Waals surface area contributed by atoms with Gasteiger partial charge in [0.25, 0.3) is 0 Å². The molecule has 0 aliphatic heterocycles. The number of nitrogens with zero attached hydrogens (tertiary/aromatic N) is 1. The molecule has 90 valence electrons. The van der Waals surface area contributed by atoms with Crippen LogP contribution in [0.15, 0.2) is 24.4 Å². The Bertz CT molecular complexity index is 520. The van der Waals surface area contributed by atoms with Gasteiger partial charge in [-0.3, -0.25) is 9.89 Å². The van der Waals surface area contributed by atoms with Crippen LogP contribution in [0.2, 0.25) is 0 Å². The third-order valence-corrected chi connectivity index (χ3v) is 2.66. The molecule has 1 amide bonds. The Kier molecular flexibility index (Phi) is 3.39.